The molecule has 0 spiro atoms. The van der Waals surface area contributed by atoms with Crippen LogP contribution in [0.15, 0.2) is 42.5 Å². The van der Waals surface area contributed by atoms with Crippen LogP contribution in [-0.2, 0) is 10.4 Å². The molecule has 2 aromatic rings. The highest BCUT2D eigenvalue weighted by Crippen LogP contribution is 2.46. The van der Waals surface area contributed by atoms with Crippen LogP contribution in [0.3, 0.4) is 0 Å². The molecule has 1 aliphatic heterocycles. The third-order valence-corrected chi connectivity index (χ3v) is 3.31. The van der Waals surface area contributed by atoms with Crippen molar-refractivity contribution in [3.05, 3.63) is 42.5 Å². The van der Waals surface area contributed by atoms with Gasteiger partial charge in [-0.05, 0) is 24.3 Å². The van der Waals surface area contributed by atoms with Crippen molar-refractivity contribution in [2.75, 3.05) is 11.1 Å². The second-order valence-corrected chi connectivity index (χ2v) is 5.08. The summed E-state index contributed by atoms with van der Waals surface area (Å²) in [6.07, 6.45) is 0. The summed E-state index contributed by atoms with van der Waals surface area (Å²) in [7, 11) is -4.06. The number of nitrogen functional groups attached to an aromatic ring is 1. The summed E-state index contributed by atoms with van der Waals surface area (Å²) in [5.74, 6) is 0.0878. The fourth-order valence-electron chi connectivity index (χ4n) is 1.74. The molecule has 0 amide bonds. The number of para-hydroxylation sites is 1. The molecule has 0 atom stereocenters. The Labute approximate surface area is 110 Å². The van der Waals surface area contributed by atoms with E-state index in [1.165, 1.54) is 0 Å². The molecule has 0 bridgehead atoms. The lowest BCUT2D eigenvalue weighted by atomic mass is 10.2. The molecule has 98 valence electrons. The number of nitrogens with two attached hydrogens (primary N) is 1. The highest BCUT2D eigenvalue weighted by molar-refractivity contribution is 7.82. The summed E-state index contributed by atoms with van der Waals surface area (Å²) in [4.78, 5) is 0. The summed E-state index contributed by atoms with van der Waals surface area (Å²) in [6, 6.07) is 12.4. The van der Waals surface area contributed by atoms with E-state index in [2.05, 4.69) is 9.50 Å². The number of rotatable bonds is 2. The average molecular weight is 278 g/mol. The minimum Gasteiger partial charge on any atom is -0.396 e. The van der Waals surface area contributed by atoms with Gasteiger partial charge in [0.05, 0.1) is 11.4 Å². The smallest absolute Gasteiger partial charge is 0.396 e. The van der Waals surface area contributed by atoms with E-state index in [0.29, 0.717) is 5.69 Å². The number of anilines is 3. The monoisotopic (exact) mass is 278 g/mol. The number of hydrogen-bond donors (Lipinski definition) is 2. The molecule has 3 rings (SSSR count). The van der Waals surface area contributed by atoms with Crippen molar-refractivity contribution in [2.45, 2.75) is 0 Å². The first kappa shape index (κ1) is 11.7. The molecule has 1 heterocycles. The molecular formula is C12H10N2O4S. The maximum absolute atomic E-state index is 11.3. The van der Waals surface area contributed by atoms with E-state index < -0.39 is 10.4 Å². The molecule has 0 aromatic heterocycles. The van der Waals surface area contributed by atoms with Gasteiger partial charge in [0, 0.05) is 5.69 Å². The van der Waals surface area contributed by atoms with Crippen LogP contribution in [0.2, 0.25) is 0 Å². The fourth-order valence-corrected chi connectivity index (χ4v) is 2.52. The van der Waals surface area contributed by atoms with Crippen molar-refractivity contribution in [2.24, 2.45) is 0 Å². The highest BCUT2D eigenvalue weighted by Gasteiger charge is 2.33. The van der Waals surface area contributed by atoms with Crippen molar-refractivity contribution in [3.8, 4) is 11.5 Å². The van der Waals surface area contributed by atoms with E-state index in [-0.39, 0.29) is 17.2 Å². The van der Waals surface area contributed by atoms with Gasteiger partial charge in [-0.1, -0.05) is 18.2 Å². The minimum absolute atomic E-state index is 0.0148. The van der Waals surface area contributed by atoms with E-state index in [0.717, 1.165) is 5.69 Å². The molecule has 2 aromatic carbocycles. The minimum atomic E-state index is -4.06. The lowest BCUT2D eigenvalue weighted by Crippen LogP contribution is -2.08. The van der Waals surface area contributed by atoms with Gasteiger partial charge in [0.25, 0.3) is 0 Å². The summed E-state index contributed by atoms with van der Waals surface area (Å²) >= 11 is 0. The topological polar surface area (TPSA) is 90.6 Å². The van der Waals surface area contributed by atoms with Crippen molar-refractivity contribution in [3.63, 3.8) is 0 Å². The standard InChI is InChI=1S/C12H10N2O4S/c13-9-6-7-10(14-8-4-2-1-3-5-8)12-11(9)17-19(15,16)18-12/h1-7,14H,13H2. The van der Waals surface area contributed by atoms with Crippen LogP contribution in [0.1, 0.15) is 0 Å². The van der Waals surface area contributed by atoms with E-state index >= 15 is 0 Å². The Bertz CT molecular complexity index is 729. The fraction of sp³-hybridized carbons (Fsp3) is 0. The lowest BCUT2D eigenvalue weighted by Gasteiger charge is -2.08. The molecule has 7 heteroatoms. The van der Waals surface area contributed by atoms with Gasteiger partial charge in [0.15, 0.2) is 0 Å². The number of benzene rings is 2. The van der Waals surface area contributed by atoms with Crippen LogP contribution in [0.25, 0.3) is 0 Å². The zero-order chi connectivity index (χ0) is 13.5. The van der Waals surface area contributed by atoms with Gasteiger partial charge in [0.2, 0.25) is 11.5 Å². The summed E-state index contributed by atoms with van der Waals surface area (Å²) < 4.78 is 32.1. The van der Waals surface area contributed by atoms with E-state index in [9.17, 15) is 8.42 Å². The maximum atomic E-state index is 11.3. The molecule has 0 radical (unpaired) electrons. The molecule has 3 N–H and O–H groups in total. The molecule has 0 fully saturated rings. The first-order chi connectivity index (χ1) is 9.05. The molecule has 0 unspecified atom stereocenters. The number of fused-ring (bicyclic) bond motifs is 1. The predicted octanol–water partition coefficient (Wildman–Crippen LogP) is 2.03. The molecular weight excluding hydrogens is 268 g/mol. The summed E-state index contributed by atoms with van der Waals surface area (Å²) in [5, 5.41) is 3.04. The SMILES string of the molecule is Nc1ccc(Nc2ccccc2)c2c1OS(=O)(=O)O2. The van der Waals surface area contributed by atoms with Crippen LogP contribution in [0.4, 0.5) is 17.1 Å². The zero-order valence-corrected chi connectivity index (χ0v) is 10.5. The van der Waals surface area contributed by atoms with Gasteiger partial charge in [-0.15, -0.1) is 8.42 Å². The van der Waals surface area contributed by atoms with Gasteiger partial charge < -0.3 is 19.4 Å². The Hall–Kier alpha value is -2.41. The maximum Gasteiger partial charge on any atom is 0.501 e. The second-order valence-electron chi connectivity index (χ2n) is 3.93. The number of nitrogens with one attached hydrogen (secondary N) is 1. The Morgan fingerprint density at radius 2 is 1.63 bits per heavy atom. The zero-order valence-electron chi connectivity index (χ0n) is 9.66. The second kappa shape index (κ2) is 4.06. The van der Waals surface area contributed by atoms with Gasteiger partial charge in [-0.25, -0.2) is 0 Å². The normalized spacial score (nSPS) is 15.2. The molecule has 1 aliphatic rings. The van der Waals surface area contributed by atoms with E-state index in [1.807, 2.05) is 30.3 Å². The molecule has 0 aliphatic carbocycles. The average Bonchev–Trinajstić information content (AvgIpc) is 2.71. The van der Waals surface area contributed by atoms with Crippen LogP contribution in [0.5, 0.6) is 11.5 Å². The highest BCUT2D eigenvalue weighted by atomic mass is 32.3. The van der Waals surface area contributed by atoms with Gasteiger partial charge in [0.1, 0.15) is 0 Å². The van der Waals surface area contributed by atoms with Crippen molar-refractivity contribution < 1.29 is 16.8 Å². The van der Waals surface area contributed by atoms with Gasteiger partial charge in [-0.3, -0.25) is 0 Å². The Morgan fingerprint density at radius 3 is 2.37 bits per heavy atom. The molecule has 19 heavy (non-hydrogen) atoms. The Morgan fingerprint density at radius 1 is 0.947 bits per heavy atom. The van der Waals surface area contributed by atoms with Crippen molar-refractivity contribution >= 4 is 27.5 Å². The van der Waals surface area contributed by atoms with Crippen LogP contribution in [-0.4, -0.2) is 8.42 Å². The third-order valence-electron chi connectivity index (χ3n) is 2.57. The lowest BCUT2D eigenvalue weighted by molar-refractivity contribution is 0.437. The van der Waals surface area contributed by atoms with Gasteiger partial charge in [-0.2, -0.15) is 0 Å². The summed E-state index contributed by atoms with van der Waals surface area (Å²) in [6.45, 7) is 0. The first-order valence-corrected chi connectivity index (χ1v) is 6.77. The number of hydrogen-bond acceptors (Lipinski definition) is 6. The van der Waals surface area contributed by atoms with E-state index in [4.69, 9.17) is 9.92 Å². The Kier molecular flexibility index (Phi) is 2.49. The van der Waals surface area contributed by atoms with Gasteiger partial charge >= 0.3 is 10.4 Å². The third kappa shape index (κ3) is 2.15. The quantitative estimate of drug-likeness (QED) is 0.817. The van der Waals surface area contributed by atoms with Crippen LogP contribution in [0, 0.1) is 0 Å². The van der Waals surface area contributed by atoms with Crippen molar-refractivity contribution in [1.29, 1.82) is 0 Å². The predicted molar refractivity (Wildman–Crippen MR) is 70.8 cm³/mol. The Balaban J connectivity index is 2.04. The largest absolute Gasteiger partial charge is 0.501 e. The first-order valence-electron chi connectivity index (χ1n) is 5.43. The van der Waals surface area contributed by atoms with Crippen LogP contribution < -0.4 is 19.4 Å². The molecule has 0 saturated heterocycles. The van der Waals surface area contributed by atoms with Crippen LogP contribution >= 0.6 is 0 Å². The van der Waals surface area contributed by atoms with Crippen molar-refractivity contribution in [1.82, 2.24) is 0 Å². The molecule has 6 nitrogen and oxygen atoms in total. The van der Waals surface area contributed by atoms with E-state index in [1.54, 1.807) is 12.1 Å². The summed E-state index contributed by atoms with van der Waals surface area (Å²) in [5.41, 5.74) is 7.12. The molecule has 0 saturated carbocycles.